The van der Waals surface area contributed by atoms with Crippen molar-refractivity contribution in [3.63, 3.8) is 0 Å². The summed E-state index contributed by atoms with van der Waals surface area (Å²) in [6.07, 6.45) is 1.63. The first-order chi connectivity index (χ1) is 8.58. The Morgan fingerprint density at radius 1 is 1.61 bits per heavy atom. The standard InChI is InChI=1S/C11H9ClN2O2S2/c1-6-8(10(15)16)18-11(14-6)17-5-7-3-2-4-13-9(7)12/h2-4H,5H2,1H3,(H,15,16). The van der Waals surface area contributed by atoms with Crippen molar-refractivity contribution in [2.75, 3.05) is 0 Å². The average Bonchev–Trinajstić information content (AvgIpc) is 2.70. The zero-order chi connectivity index (χ0) is 13.1. The van der Waals surface area contributed by atoms with E-state index in [4.69, 9.17) is 16.7 Å². The number of thioether (sulfide) groups is 1. The minimum Gasteiger partial charge on any atom is -0.477 e. The fraction of sp³-hybridized carbons (Fsp3) is 0.182. The third-order valence-electron chi connectivity index (χ3n) is 2.16. The Labute approximate surface area is 117 Å². The van der Waals surface area contributed by atoms with Crippen molar-refractivity contribution in [2.45, 2.75) is 17.0 Å². The van der Waals surface area contributed by atoms with Gasteiger partial charge in [-0.1, -0.05) is 29.4 Å². The van der Waals surface area contributed by atoms with Crippen molar-refractivity contribution in [1.82, 2.24) is 9.97 Å². The molecule has 0 aliphatic carbocycles. The van der Waals surface area contributed by atoms with Crippen LogP contribution in [0.5, 0.6) is 0 Å². The zero-order valence-corrected chi connectivity index (χ0v) is 11.8. The number of rotatable bonds is 4. The van der Waals surface area contributed by atoms with Gasteiger partial charge in [0.05, 0.1) is 5.69 Å². The number of halogens is 1. The largest absolute Gasteiger partial charge is 0.477 e. The van der Waals surface area contributed by atoms with E-state index in [0.29, 0.717) is 16.6 Å². The highest BCUT2D eigenvalue weighted by Gasteiger charge is 2.14. The molecular weight excluding hydrogens is 292 g/mol. The number of aryl methyl sites for hydroxylation is 1. The highest BCUT2D eigenvalue weighted by Crippen LogP contribution is 2.30. The predicted octanol–water partition coefficient (Wildman–Crippen LogP) is 3.49. The third-order valence-corrected chi connectivity index (χ3v) is 4.84. The zero-order valence-electron chi connectivity index (χ0n) is 9.38. The van der Waals surface area contributed by atoms with Gasteiger partial charge in [-0.3, -0.25) is 0 Å². The van der Waals surface area contributed by atoms with Crippen molar-refractivity contribution in [2.24, 2.45) is 0 Å². The molecule has 0 amide bonds. The Balaban J connectivity index is 2.09. The van der Waals surface area contributed by atoms with Crippen molar-refractivity contribution in [1.29, 1.82) is 0 Å². The Morgan fingerprint density at radius 3 is 3.00 bits per heavy atom. The van der Waals surface area contributed by atoms with Crippen molar-refractivity contribution in [3.8, 4) is 0 Å². The van der Waals surface area contributed by atoms with Gasteiger partial charge >= 0.3 is 5.97 Å². The first-order valence-electron chi connectivity index (χ1n) is 5.01. The van der Waals surface area contributed by atoms with E-state index >= 15 is 0 Å². The molecule has 0 radical (unpaired) electrons. The molecule has 4 nitrogen and oxygen atoms in total. The maximum absolute atomic E-state index is 10.9. The molecular formula is C11H9ClN2O2S2. The van der Waals surface area contributed by atoms with Crippen LogP contribution in [-0.2, 0) is 5.75 Å². The number of carboxylic acids is 1. The molecule has 7 heteroatoms. The highest BCUT2D eigenvalue weighted by molar-refractivity contribution is 8.00. The van der Waals surface area contributed by atoms with Gasteiger partial charge in [-0.2, -0.15) is 0 Å². The minimum atomic E-state index is -0.934. The summed E-state index contributed by atoms with van der Waals surface area (Å²) in [6, 6.07) is 3.71. The Morgan fingerprint density at radius 2 is 2.39 bits per heavy atom. The quantitative estimate of drug-likeness (QED) is 0.692. The van der Waals surface area contributed by atoms with Crippen LogP contribution < -0.4 is 0 Å². The fourth-order valence-corrected chi connectivity index (χ4v) is 3.58. The summed E-state index contributed by atoms with van der Waals surface area (Å²) in [5.74, 6) is -0.310. The van der Waals surface area contributed by atoms with Crippen LogP contribution in [-0.4, -0.2) is 21.0 Å². The van der Waals surface area contributed by atoms with Crippen LogP contribution in [0.25, 0.3) is 0 Å². The van der Waals surface area contributed by atoms with Crippen LogP contribution in [0.15, 0.2) is 22.7 Å². The predicted molar refractivity (Wildman–Crippen MR) is 72.6 cm³/mol. The molecule has 0 bridgehead atoms. The SMILES string of the molecule is Cc1nc(SCc2cccnc2Cl)sc1C(=O)O. The van der Waals surface area contributed by atoms with Crippen molar-refractivity contribution in [3.05, 3.63) is 39.6 Å². The minimum absolute atomic E-state index is 0.287. The van der Waals surface area contributed by atoms with E-state index in [2.05, 4.69) is 9.97 Å². The summed E-state index contributed by atoms with van der Waals surface area (Å²) in [7, 11) is 0. The van der Waals surface area contributed by atoms with Gasteiger partial charge in [-0.15, -0.1) is 11.3 Å². The van der Waals surface area contributed by atoms with Gasteiger partial charge in [0.2, 0.25) is 0 Å². The van der Waals surface area contributed by atoms with E-state index in [9.17, 15) is 4.79 Å². The first kappa shape index (κ1) is 13.3. The number of carbonyl (C=O) groups is 1. The van der Waals surface area contributed by atoms with E-state index in [-0.39, 0.29) is 4.88 Å². The highest BCUT2D eigenvalue weighted by atomic mass is 35.5. The number of nitrogens with zero attached hydrogens (tertiary/aromatic N) is 2. The Kier molecular flexibility index (Phi) is 4.21. The van der Waals surface area contributed by atoms with Gasteiger partial charge in [0.25, 0.3) is 0 Å². The Hall–Kier alpha value is -1.11. The lowest BCUT2D eigenvalue weighted by molar-refractivity contribution is 0.0701. The lowest BCUT2D eigenvalue weighted by Gasteiger charge is -2.00. The molecule has 0 saturated carbocycles. The van der Waals surface area contributed by atoms with E-state index in [1.54, 1.807) is 13.1 Å². The van der Waals surface area contributed by atoms with Crippen LogP contribution >= 0.6 is 34.7 Å². The molecule has 0 unspecified atom stereocenters. The van der Waals surface area contributed by atoms with Gasteiger partial charge in [-0.25, -0.2) is 14.8 Å². The number of pyridine rings is 1. The summed E-state index contributed by atoms with van der Waals surface area (Å²) in [6.45, 7) is 1.70. The van der Waals surface area contributed by atoms with Crippen LogP contribution in [0, 0.1) is 6.92 Å². The van der Waals surface area contributed by atoms with Gasteiger partial charge < -0.3 is 5.11 Å². The second-order valence-corrected chi connectivity index (χ2v) is 6.02. The van der Waals surface area contributed by atoms with Gasteiger partial charge in [0.15, 0.2) is 4.34 Å². The van der Waals surface area contributed by atoms with Crippen molar-refractivity contribution >= 4 is 40.7 Å². The molecule has 0 saturated heterocycles. The lowest BCUT2D eigenvalue weighted by atomic mass is 10.3. The molecule has 0 atom stereocenters. The number of thiazole rings is 1. The fourth-order valence-electron chi connectivity index (χ4n) is 1.30. The van der Waals surface area contributed by atoms with Gasteiger partial charge in [0.1, 0.15) is 10.0 Å². The molecule has 0 spiro atoms. The van der Waals surface area contributed by atoms with E-state index in [0.717, 1.165) is 9.90 Å². The molecule has 0 fully saturated rings. The molecule has 2 aromatic heterocycles. The topological polar surface area (TPSA) is 63.1 Å². The number of hydrogen-bond acceptors (Lipinski definition) is 5. The third kappa shape index (κ3) is 3.01. The second kappa shape index (κ2) is 5.69. The number of aromatic carboxylic acids is 1. The molecule has 2 aromatic rings. The normalized spacial score (nSPS) is 10.6. The van der Waals surface area contributed by atoms with E-state index < -0.39 is 5.97 Å². The van der Waals surface area contributed by atoms with E-state index in [1.165, 1.54) is 23.1 Å². The smallest absolute Gasteiger partial charge is 0.347 e. The summed E-state index contributed by atoms with van der Waals surface area (Å²) < 4.78 is 0.727. The maximum atomic E-state index is 10.9. The van der Waals surface area contributed by atoms with Crippen LogP contribution in [0.4, 0.5) is 0 Å². The molecule has 1 N–H and O–H groups in total. The molecule has 2 rings (SSSR count). The number of aromatic nitrogens is 2. The molecule has 0 aromatic carbocycles. The van der Waals surface area contributed by atoms with Crippen molar-refractivity contribution < 1.29 is 9.90 Å². The molecule has 0 aliphatic rings. The number of hydrogen-bond donors (Lipinski definition) is 1. The second-order valence-electron chi connectivity index (χ2n) is 3.44. The lowest BCUT2D eigenvalue weighted by Crippen LogP contribution is -1.94. The maximum Gasteiger partial charge on any atom is 0.347 e. The van der Waals surface area contributed by atoms with Crippen LogP contribution in [0.2, 0.25) is 5.15 Å². The molecule has 94 valence electrons. The molecule has 2 heterocycles. The summed E-state index contributed by atoms with van der Waals surface area (Å²) >= 11 is 8.58. The van der Waals surface area contributed by atoms with E-state index in [1.807, 2.05) is 12.1 Å². The summed E-state index contributed by atoms with van der Waals surface area (Å²) in [4.78, 5) is 19.4. The Bertz CT molecular complexity index is 586. The molecule has 18 heavy (non-hydrogen) atoms. The summed E-state index contributed by atoms with van der Waals surface area (Å²) in [5.41, 5.74) is 1.46. The van der Waals surface area contributed by atoms with Gasteiger partial charge in [-0.05, 0) is 18.6 Å². The molecule has 0 aliphatic heterocycles. The average molecular weight is 301 g/mol. The van der Waals surface area contributed by atoms with Crippen LogP contribution in [0.1, 0.15) is 20.9 Å². The number of carboxylic acid groups (broad SMARTS) is 1. The first-order valence-corrected chi connectivity index (χ1v) is 7.19. The summed E-state index contributed by atoms with van der Waals surface area (Å²) in [5, 5.41) is 9.41. The van der Waals surface area contributed by atoms with Gasteiger partial charge in [0, 0.05) is 11.9 Å². The van der Waals surface area contributed by atoms with Crippen LogP contribution in [0.3, 0.4) is 0 Å². The monoisotopic (exact) mass is 300 g/mol.